The molecule has 124 valence electrons. The fourth-order valence-corrected chi connectivity index (χ4v) is 3.42. The van der Waals surface area contributed by atoms with Crippen LogP contribution in [0.4, 0.5) is 22.0 Å². The van der Waals surface area contributed by atoms with E-state index in [1.807, 2.05) is 0 Å². The molecule has 24 heavy (non-hydrogen) atoms. The highest BCUT2D eigenvalue weighted by Crippen LogP contribution is 2.63. The second-order valence-electron chi connectivity index (χ2n) is 4.80. The fraction of sp³-hybridized carbons (Fsp3) is 0.133. The summed E-state index contributed by atoms with van der Waals surface area (Å²) in [6.07, 6.45) is 0. The van der Waals surface area contributed by atoms with Crippen LogP contribution in [0.25, 0.3) is 0 Å². The Morgan fingerprint density at radius 2 is 1.75 bits per heavy atom. The Morgan fingerprint density at radius 1 is 1.08 bits per heavy atom. The molecule has 2 aromatic carbocycles. The topological polar surface area (TPSA) is 33.0 Å². The molecule has 0 aromatic heterocycles. The van der Waals surface area contributed by atoms with Crippen LogP contribution in [0.5, 0.6) is 11.5 Å². The third kappa shape index (κ3) is 2.48. The van der Waals surface area contributed by atoms with E-state index < -0.39 is 32.5 Å². The van der Waals surface area contributed by atoms with Crippen LogP contribution >= 0.6 is 23.4 Å². The van der Waals surface area contributed by atoms with E-state index in [4.69, 9.17) is 21.6 Å². The number of nitrogens with zero attached hydrogens (tertiary/aromatic N) is 1. The Bertz CT molecular complexity index is 881. The highest BCUT2D eigenvalue weighted by atomic mass is 35.5. The first kappa shape index (κ1) is 16.9. The lowest BCUT2D eigenvalue weighted by Gasteiger charge is -2.17. The van der Waals surface area contributed by atoms with Crippen LogP contribution in [0, 0.1) is 17.1 Å². The number of nitriles is 1. The Morgan fingerprint density at radius 3 is 2.42 bits per heavy atom. The van der Waals surface area contributed by atoms with Crippen LogP contribution in [-0.4, -0.2) is 5.25 Å². The Hall–Kier alpha value is -1.98. The van der Waals surface area contributed by atoms with Crippen LogP contribution in [0.2, 0.25) is 5.02 Å². The lowest BCUT2D eigenvalue weighted by atomic mass is 10.1. The van der Waals surface area contributed by atoms with Gasteiger partial charge in [-0.3, -0.25) is 0 Å². The predicted molar refractivity (Wildman–Crippen MR) is 77.3 cm³/mol. The first-order valence-electron chi connectivity index (χ1n) is 6.32. The first-order chi connectivity index (χ1) is 11.2. The van der Waals surface area contributed by atoms with Crippen molar-refractivity contribution in [1.82, 2.24) is 0 Å². The number of rotatable bonds is 2. The lowest BCUT2D eigenvalue weighted by Crippen LogP contribution is -2.29. The second-order valence-corrected chi connectivity index (χ2v) is 6.31. The van der Waals surface area contributed by atoms with Gasteiger partial charge in [0.2, 0.25) is 0 Å². The summed E-state index contributed by atoms with van der Waals surface area (Å²) in [5.74, 6) is -5.31. The van der Waals surface area contributed by atoms with Crippen molar-refractivity contribution in [2.75, 3.05) is 0 Å². The van der Waals surface area contributed by atoms with E-state index in [9.17, 15) is 22.0 Å². The van der Waals surface area contributed by atoms with E-state index in [0.29, 0.717) is 0 Å². The minimum Gasteiger partial charge on any atom is -0.454 e. The van der Waals surface area contributed by atoms with Gasteiger partial charge < -0.3 is 4.74 Å². The van der Waals surface area contributed by atoms with E-state index in [-0.39, 0.29) is 28.8 Å². The third-order valence-corrected chi connectivity index (χ3v) is 4.91. The van der Waals surface area contributed by atoms with Crippen molar-refractivity contribution in [3.8, 4) is 17.6 Å². The molecule has 0 bridgehead atoms. The van der Waals surface area contributed by atoms with Gasteiger partial charge in [0.05, 0.1) is 10.6 Å². The Balaban J connectivity index is 2.04. The second kappa shape index (κ2) is 5.53. The number of alkyl halides is 4. The average Bonchev–Trinajstić information content (AvgIpc) is 2.70. The van der Waals surface area contributed by atoms with Gasteiger partial charge in [0.15, 0.2) is 0 Å². The minimum atomic E-state index is -4.36. The van der Waals surface area contributed by atoms with Crippen molar-refractivity contribution in [1.29, 1.82) is 5.26 Å². The molecule has 0 spiro atoms. The Labute approximate surface area is 141 Å². The highest BCUT2D eigenvalue weighted by molar-refractivity contribution is 8.00. The summed E-state index contributed by atoms with van der Waals surface area (Å²) in [4.78, 5) is -0.496. The SMILES string of the molecule is N#Cc1cc(F)ccc1Oc1ccc2c(c1Cl)SC(F)(F)C2(F)F. The number of hydrogen-bond acceptors (Lipinski definition) is 3. The molecule has 0 fully saturated rings. The van der Waals surface area contributed by atoms with Gasteiger partial charge >= 0.3 is 11.2 Å². The maximum absolute atomic E-state index is 13.7. The van der Waals surface area contributed by atoms with Gasteiger partial charge in [0, 0.05) is 10.5 Å². The fourth-order valence-electron chi connectivity index (χ4n) is 2.11. The summed E-state index contributed by atoms with van der Waals surface area (Å²) in [5, 5.41) is 4.19. The number of fused-ring (bicyclic) bond motifs is 1. The molecule has 0 aliphatic carbocycles. The van der Waals surface area contributed by atoms with Gasteiger partial charge in [0.25, 0.3) is 0 Å². The summed E-state index contributed by atoms with van der Waals surface area (Å²) < 4.78 is 72.6. The van der Waals surface area contributed by atoms with Gasteiger partial charge in [-0.1, -0.05) is 11.6 Å². The largest absolute Gasteiger partial charge is 0.454 e. The Kier molecular flexibility index (Phi) is 3.89. The zero-order valence-electron chi connectivity index (χ0n) is 11.4. The maximum Gasteiger partial charge on any atom is 0.364 e. The van der Waals surface area contributed by atoms with E-state index >= 15 is 0 Å². The van der Waals surface area contributed by atoms with Gasteiger partial charge in [0.1, 0.15) is 23.4 Å². The maximum atomic E-state index is 13.7. The van der Waals surface area contributed by atoms with Gasteiger partial charge in [-0.2, -0.15) is 22.8 Å². The van der Waals surface area contributed by atoms with Crippen molar-refractivity contribution >= 4 is 23.4 Å². The number of ether oxygens (including phenoxy) is 1. The summed E-state index contributed by atoms with van der Waals surface area (Å²) in [6, 6.07) is 6.57. The molecule has 3 rings (SSSR count). The zero-order chi connectivity index (χ0) is 17.7. The predicted octanol–water partition coefficient (Wildman–Crippen LogP) is 5.93. The van der Waals surface area contributed by atoms with E-state index in [1.165, 1.54) is 0 Å². The molecule has 0 saturated carbocycles. The summed E-state index contributed by atoms with van der Waals surface area (Å²) in [6.45, 7) is 0. The van der Waals surface area contributed by atoms with Crippen molar-refractivity contribution in [3.05, 3.63) is 52.3 Å². The normalized spacial score (nSPS) is 17.2. The van der Waals surface area contributed by atoms with Crippen LogP contribution in [0.15, 0.2) is 35.2 Å². The van der Waals surface area contributed by atoms with Crippen LogP contribution in [0.3, 0.4) is 0 Å². The highest BCUT2D eigenvalue weighted by Gasteiger charge is 2.64. The molecule has 0 atom stereocenters. The molecule has 0 amide bonds. The van der Waals surface area contributed by atoms with Crippen LogP contribution in [-0.2, 0) is 5.92 Å². The minimum absolute atomic E-state index is 0.0812. The molecule has 1 aliphatic rings. The van der Waals surface area contributed by atoms with E-state index in [1.54, 1.807) is 6.07 Å². The van der Waals surface area contributed by atoms with Gasteiger partial charge in [-0.25, -0.2) is 4.39 Å². The van der Waals surface area contributed by atoms with E-state index in [2.05, 4.69) is 0 Å². The van der Waals surface area contributed by atoms with Crippen LogP contribution < -0.4 is 4.74 Å². The van der Waals surface area contributed by atoms with E-state index in [0.717, 1.165) is 30.3 Å². The molecule has 0 N–H and O–H groups in total. The summed E-state index contributed by atoms with van der Waals surface area (Å²) in [5.41, 5.74) is -1.05. The molecular formula is C15H5ClF5NOS. The standard InChI is InChI=1S/C15H5ClF5NOS/c16-12-11(23-10-3-1-8(17)5-7(10)6-22)4-2-9-13(12)24-15(20,21)14(9,18)19/h1-5H. The molecule has 1 heterocycles. The smallest absolute Gasteiger partial charge is 0.364 e. The quantitative estimate of drug-likeness (QED) is 0.608. The van der Waals surface area contributed by atoms with Crippen molar-refractivity contribution in [2.24, 2.45) is 0 Å². The summed E-state index contributed by atoms with van der Waals surface area (Å²) >= 11 is 5.56. The molecule has 0 saturated heterocycles. The average molecular weight is 378 g/mol. The summed E-state index contributed by atoms with van der Waals surface area (Å²) in [7, 11) is 0. The lowest BCUT2D eigenvalue weighted by molar-refractivity contribution is -0.154. The first-order valence-corrected chi connectivity index (χ1v) is 7.52. The molecular weight excluding hydrogens is 373 g/mol. The van der Waals surface area contributed by atoms with Crippen molar-refractivity contribution in [3.63, 3.8) is 0 Å². The molecule has 2 aromatic rings. The third-order valence-electron chi connectivity index (χ3n) is 3.28. The number of benzene rings is 2. The molecule has 0 unspecified atom stereocenters. The van der Waals surface area contributed by atoms with Crippen LogP contribution in [0.1, 0.15) is 11.1 Å². The van der Waals surface area contributed by atoms with Gasteiger partial charge in [-0.05, 0) is 42.1 Å². The number of hydrogen-bond donors (Lipinski definition) is 0. The van der Waals surface area contributed by atoms with Crippen molar-refractivity contribution < 1.29 is 26.7 Å². The van der Waals surface area contributed by atoms with Crippen molar-refractivity contribution in [2.45, 2.75) is 16.1 Å². The number of halogens is 6. The van der Waals surface area contributed by atoms with Gasteiger partial charge in [-0.15, -0.1) is 0 Å². The molecule has 9 heteroatoms. The molecule has 1 aliphatic heterocycles. The molecule has 2 nitrogen and oxygen atoms in total. The monoisotopic (exact) mass is 377 g/mol. The number of thioether (sulfide) groups is 1. The zero-order valence-corrected chi connectivity index (χ0v) is 13.0. The molecule has 0 radical (unpaired) electrons.